The van der Waals surface area contributed by atoms with Crippen LogP contribution >= 0.6 is 0 Å². The molecule has 2 unspecified atom stereocenters. The summed E-state index contributed by atoms with van der Waals surface area (Å²) in [4.78, 5) is 0. The van der Waals surface area contributed by atoms with Crippen molar-refractivity contribution < 1.29 is 9.84 Å². The lowest BCUT2D eigenvalue weighted by Gasteiger charge is -2.34. The summed E-state index contributed by atoms with van der Waals surface area (Å²) in [5, 5.41) is 9.26. The van der Waals surface area contributed by atoms with E-state index in [4.69, 9.17) is 10.5 Å². The van der Waals surface area contributed by atoms with Crippen LogP contribution in [0.4, 0.5) is 0 Å². The van der Waals surface area contributed by atoms with Gasteiger partial charge < -0.3 is 15.6 Å². The van der Waals surface area contributed by atoms with Gasteiger partial charge in [-0.05, 0) is 31.6 Å². The Morgan fingerprint density at radius 2 is 2.23 bits per heavy atom. The van der Waals surface area contributed by atoms with Crippen molar-refractivity contribution >= 4 is 0 Å². The van der Waals surface area contributed by atoms with Gasteiger partial charge in [0.05, 0.1) is 6.61 Å². The van der Waals surface area contributed by atoms with Gasteiger partial charge in [0.2, 0.25) is 0 Å². The highest BCUT2D eigenvalue weighted by atomic mass is 16.5. The van der Waals surface area contributed by atoms with Crippen LogP contribution in [-0.4, -0.2) is 30.5 Å². The molecule has 0 saturated carbocycles. The van der Waals surface area contributed by atoms with Crippen LogP contribution in [0.2, 0.25) is 0 Å². The van der Waals surface area contributed by atoms with Crippen molar-refractivity contribution in [1.29, 1.82) is 0 Å². The fourth-order valence-electron chi connectivity index (χ4n) is 2.01. The minimum Gasteiger partial charge on any atom is -0.394 e. The predicted octanol–water partition coefficient (Wildman–Crippen LogP) is 0.903. The molecule has 2 atom stereocenters. The molecule has 3 nitrogen and oxygen atoms in total. The van der Waals surface area contributed by atoms with Gasteiger partial charge in [0.1, 0.15) is 0 Å². The number of rotatable bonds is 3. The van der Waals surface area contributed by atoms with E-state index in [2.05, 4.69) is 0 Å². The molecule has 0 aromatic rings. The van der Waals surface area contributed by atoms with Gasteiger partial charge in [-0.25, -0.2) is 0 Å². The lowest BCUT2D eigenvalue weighted by Crippen LogP contribution is -2.50. The largest absolute Gasteiger partial charge is 0.394 e. The first kappa shape index (κ1) is 11.0. The fourth-order valence-corrected chi connectivity index (χ4v) is 2.01. The van der Waals surface area contributed by atoms with E-state index in [9.17, 15) is 5.11 Å². The summed E-state index contributed by atoms with van der Waals surface area (Å²) in [5.41, 5.74) is 5.75. The van der Waals surface area contributed by atoms with Gasteiger partial charge in [0.15, 0.2) is 0 Å². The zero-order chi connectivity index (χ0) is 9.73. The second-order valence-corrected chi connectivity index (χ2v) is 3.99. The standard InChI is InChI=1S/C10H21NO2/c1-2-10(11,8-12)9-4-3-6-13-7-5-9/h9,12H,2-8,11H2,1H3. The zero-order valence-electron chi connectivity index (χ0n) is 8.46. The van der Waals surface area contributed by atoms with Crippen molar-refractivity contribution in [2.75, 3.05) is 19.8 Å². The minimum absolute atomic E-state index is 0.0914. The Morgan fingerprint density at radius 1 is 1.46 bits per heavy atom. The number of ether oxygens (including phenoxy) is 1. The lowest BCUT2D eigenvalue weighted by molar-refractivity contribution is 0.109. The third-order valence-corrected chi connectivity index (χ3v) is 3.22. The molecule has 3 N–H and O–H groups in total. The summed E-state index contributed by atoms with van der Waals surface area (Å²) in [5.74, 6) is 0.421. The van der Waals surface area contributed by atoms with E-state index in [0.29, 0.717) is 5.92 Å². The summed E-state index contributed by atoms with van der Waals surface area (Å²) < 4.78 is 5.37. The van der Waals surface area contributed by atoms with Gasteiger partial charge in [-0.15, -0.1) is 0 Å². The molecular formula is C10H21NO2. The lowest BCUT2D eigenvalue weighted by atomic mass is 9.79. The average molecular weight is 187 g/mol. The molecule has 3 heteroatoms. The van der Waals surface area contributed by atoms with Crippen molar-refractivity contribution in [2.24, 2.45) is 11.7 Å². The summed E-state index contributed by atoms with van der Waals surface area (Å²) in [6.45, 7) is 3.78. The molecule has 1 fully saturated rings. The van der Waals surface area contributed by atoms with Crippen LogP contribution in [0.15, 0.2) is 0 Å². The first-order chi connectivity index (χ1) is 6.23. The van der Waals surface area contributed by atoms with Crippen LogP contribution in [0.3, 0.4) is 0 Å². The zero-order valence-corrected chi connectivity index (χ0v) is 8.46. The van der Waals surface area contributed by atoms with E-state index in [1.165, 1.54) is 0 Å². The van der Waals surface area contributed by atoms with Gasteiger partial charge in [-0.2, -0.15) is 0 Å². The molecule has 0 amide bonds. The quantitative estimate of drug-likeness (QED) is 0.690. The van der Waals surface area contributed by atoms with E-state index < -0.39 is 0 Å². The Hall–Kier alpha value is -0.120. The third-order valence-electron chi connectivity index (χ3n) is 3.22. The minimum atomic E-state index is -0.381. The first-order valence-electron chi connectivity index (χ1n) is 5.20. The number of hydrogen-bond acceptors (Lipinski definition) is 3. The van der Waals surface area contributed by atoms with E-state index in [0.717, 1.165) is 38.9 Å². The van der Waals surface area contributed by atoms with Crippen LogP contribution in [0, 0.1) is 5.92 Å². The highest BCUT2D eigenvalue weighted by molar-refractivity contribution is 4.90. The second kappa shape index (κ2) is 4.94. The van der Waals surface area contributed by atoms with Crippen LogP contribution in [0.1, 0.15) is 32.6 Å². The molecule has 0 radical (unpaired) electrons. The van der Waals surface area contributed by atoms with Crippen molar-refractivity contribution in [3.63, 3.8) is 0 Å². The SMILES string of the molecule is CCC(N)(CO)C1CCCOCC1. The third kappa shape index (κ3) is 2.66. The predicted molar refractivity (Wildman–Crippen MR) is 52.5 cm³/mol. The highest BCUT2D eigenvalue weighted by Gasteiger charge is 2.32. The molecular weight excluding hydrogens is 166 g/mol. The van der Waals surface area contributed by atoms with Crippen LogP contribution < -0.4 is 5.73 Å². The molecule has 0 bridgehead atoms. The summed E-state index contributed by atoms with van der Waals surface area (Å²) in [6, 6.07) is 0. The Balaban J connectivity index is 2.55. The van der Waals surface area contributed by atoms with E-state index in [1.807, 2.05) is 6.92 Å². The average Bonchev–Trinajstić information content (AvgIpc) is 2.45. The maximum absolute atomic E-state index is 9.26. The van der Waals surface area contributed by atoms with Gasteiger partial charge in [0, 0.05) is 18.8 Å². The molecule has 1 rings (SSSR count). The molecule has 0 aliphatic carbocycles. The number of aliphatic hydroxyl groups excluding tert-OH is 1. The van der Waals surface area contributed by atoms with Gasteiger partial charge in [-0.1, -0.05) is 6.92 Å². The monoisotopic (exact) mass is 187 g/mol. The molecule has 1 heterocycles. The number of hydrogen-bond donors (Lipinski definition) is 2. The van der Waals surface area contributed by atoms with Crippen molar-refractivity contribution in [1.82, 2.24) is 0 Å². The van der Waals surface area contributed by atoms with Gasteiger partial charge in [0.25, 0.3) is 0 Å². The molecule has 1 aliphatic heterocycles. The molecule has 78 valence electrons. The highest BCUT2D eigenvalue weighted by Crippen LogP contribution is 2.28. The summed E-state index contributed by atoms with van der Waals surface area (Å²) in [6.07, 6.45) is 3.99. The Kier molecular flexibility index (Phi) is 4.16. The fraction of sp³-hybridized carbons (Fsp3) is 1.00. The van der Waals surface area contributed by atoms with E-state index in [1.54, 1.807) is 0 Å². The second-order valence-electron chi connectivity index (χ2n) is 3.99. The first-order valence-corrected chi connectivity index (χ1v) is 5.20. The van der Waals surface area contributed by atoms with E-state index >= 15 is 0 Å². The van der Waals surface area contributed by atoms with Crippen LogP contribution in [-0.2, 0) is 4.74 Å². The van der Waals surface area contributed by atoms with Crippen molar-refractivity contribution in [2.45, 2.75) is 38.1 Å². The summed E-state index contributed by atoms with van der Waals surface area (Å²) >= 11 is 0. The van der Waals surface area contributed by atoms with Gasteiger partial charge in [-0.3, -0.25) is 0 Å². The van der Waals surface area contributed by atoms with Crippen molar-refractivity contribution in [3.8, 4) is 0 Å². The maximum Gasteiger partial charge on any atom is 0.0613 e. The number of nitrogens with two attached hydrogens (primary N) is 1. The molecule has 1 aliphatic rings. The Morgan fingerprint density at radius 3 is 2.85 bits per heavy atom. The maximum atomic E-state index is 9.26. The normalized spacial score (nSPS) is 29.3. The van der Waals surface area contributed by atoms with Crippen molar-refractivity contribution in [3.05, 3.63) is 0 Å². The molecule has 0 spiro atoms. The Bertz CT molecular complexity index is 138. The van der Waals surface area contributed by atoms with E-state index in [-0.39, 0.29) is 12.1 Å². The number of aliphatic hydroxyl groups is 1. The summed E-state index contributed by atoms with van der Waals surface area (Å²) in [7, 11) is 0. The van der Waals surface area contributed by atoms with Gasteiger partial charge >= 0.3 is 0 Å². The molecule has 0 aromatic heterocycles. The molecule has 13 heavy (non-hydrogen) atoms. The Labute approximate surface area is 80.3 Å². The molecule has 0 aromatic carbocycles. The van der Waals surface area contributed by atoms with Crippen LogP contribution in [0.5, 0.6) is 0 Å². The van der Waals surface area contributed by atoms with Crippen LogP contribution in [0.25, 0.3) is 0 Å². The topological polar surface area (TPSA) is 55.5 Å². The molecule has 1 saturated heterocycles. The smallest absolute Gasteiger partial charge is 0.0613 e.